The molecule has 2 aliphatic heterocycles. The van der Waals surface area contributed by atoms with Crippen molar-refractivity contribution < 1.29 is 13.2 Å². The zero-order chi connectivity index (χ0) is 33.1. The Kier molecular flexibility index (Phi) is 9.32. The van der Waals surface area contributed by atoms with Gasteiger partial charge in [0.1, 0.15) is 0 Å². The number of carbonyl (C=O) groups excluding carboxylic acids is 1. The molecule has 3 heterocycles. The normalized spacial score (nSPS) is 16.4. The molecule has 0 bridgehead atoms. The number of halogens is 1. The molecule has 0 spiro atoms. The lowest BCUT2D eigenvalue weighted by molar-refractivity contribution is -0.114. The van der Waals surface area contributed by atoms with Crippen molar-refractivity contribution >= 4 is 56.8 Å². The van der Waals surface area contributed by atoms with Crippen LogP contribution in [0.25, 0.3) is 23.0 Å². The average molecular weight is 694 g/mol. The largest absolute Gasteiger partial charge is 0.280 e. The van der Waals surface area contributed by atoms with E-state index in [-0.39, 0.29) is 10.8 Å². The minimum absolute atomic E-state index is 0.241. The minimum Gasteiger partial charge on any atom is -0.267 e. The van der Waals surface area contributed by atoms with Gasteiger partial charge in [-0.05, 0) is 79.6 Å². The fourth-order valence-electron chi connectivity index (χ4n) is 5.76. The number of amides is 1. The van der Waals surface area contributed by atoms with E-state index in [4.69, 9.17) is 21.8 Å². The van der Waals surface area contributed by atoms with Crippen LogP contribution in [0.1, 0.15) is 24.8 Å². The van der Waals surface area contributed by atoms with Crippen LogP contribution in [-0.2, 0) is 14.8 Å². The number of anilines is 1. The van der Waals surface area contributed by atoms with Gasteiger partial charge in [-0.2, -0.15) is 19.5 Å². The van der Waals surface area contributed by atoms with Crippen molar-refractivity contribution in [3.05, 3.63) is 132 Å². The molecule has 11 heteroatoms. The molecule has 1 saturated heterocycles. The molecule has 8 nitrogen and oxygen atoms in total. The molecule has 1 fully saturated rings. The van der Waals surface area contributed by atoms with E-state index in [0.717, 1.165) is 35.4 Å². The van der Waals surface area contributed by atoms with E-state index in [1.54, 1.807) is 45.0 Å². The molecular weight excluding hydrogens is 662 g/mol. The Morgan fingerprint density at radius 2 is 1.44 bits per heavy atom. The minimum atomic E-state index is -3.59. The van der Waals surface area contributed by atoms with Gasteiger partial charge in [0.05, 0.1) is 33.2 Å². The first kappa shape index (κ1) is 32.1. The lowest BCUT2D eigenvalue weighted by Gasteiger charge is -2.25. The number of aromatic nitrogens is 2. The number of carbonyl (C=O) groups is 1. The first-order chi connectivity index (χ1) is 23.4. The van der Waals surface area contributed by atoms with Crippen LogP contribution >= 0.6 is 23.4 Å². The number of thioether (sulfide) groups is 1. The van der Waals surface area contributed by atoms with Gasteiger partial charge < -0.3 is 0 Å². The molecule has 0 aliphatic carbocycles. The standard InChI is InChI=1S/C37H32ClN5O3S2/c38-29-16-18-32(19-17-29)47-26-35-34(37(44)43(39-35)31-12-6-2-7-13-31)24-28-25-42(30-10-4-1-5-11-30)40-36(28)27-14-20-33(21-15-27)48(45,46)41-22-8-3-9-23-41/h1-2,4-7,10-21,24-25H,3,8-9,22-23,26H2. The molecule has 4 aromatic carbocycles. The van der Waals surface area contributed by atoms with E-state index in [9.17, 15) is 13.2 Å². The van der Waals surface area contributed by atoms with Crippen LogP contribution in [0.2, 0.25) is 5.02 Å². The van der Waals surface area contributed by atoms with Crippen molar-refractivity contribution in [2.24, 2.45) is 5.10 Å². The SMILES string of the molecule is O=C1C(=Cc2cn(-c3ccccc3)nc2-c2ccc(S(=O)(=O)N3CCCCC3)cc2)C(CSc2ccc(Cl)cc2)=NN1c1ccccc1. The summed E-state index contributed by atoms with van der Waals surface area (Å²) in [7, 11) is -3.59. The maximum atomic E-state index is 14.0. The van der Waals surface area contributed by atoms with Crippen molar-refractivity contribution in [3.8, 4) is 16.9 Å². The summed E-state index contributed by atoms with van der Waals surface area (Å²) in [5.41, 5.74) is 4.66. The summed E-state index contributed by atoms with van der Waals surface area (Å²) in [6.07, 6.45) is 6.52. The smallest absolute Gasteiger partial charge is 0.267 e. The molecule has 0 radical (unpaired) electrons. The first-order valence-corrected chi connectivity index (χ1v) is 18.5. The number of benzene rings is 4. The second-order valence-electron chi connectivity index (χ2n) is 11.5. The summed E-state index contributed by atoms with van der Waals surface area (Å²) in [4.78, 5) is 15.3. The second-order valence-corrected chi connectivity index (χ2v) is 14.9. The van der Waals surface area contributed by atoms with Crippen LogP contribution in [0.4, 0.5) is 5.69 Å². The fraction of sp³-hybridized carbons (Fsp3) is 0.162. The highest BCUT2D eigenvalue weighted by Crippen LogP contribution is 2.32. The van der Waals surface area contributed by atoms with E-state index in [2.05, 4.69) is 0 Å². The molecular formula is C37H32ClN5O3S2. The molecule has 5 aromatic rings. The number of para-hydroxylation sites is 2. The Morgan fingerprint density at radius 3 is 2.10 bits per heavy atom. The first-order valence-electron chi connectivity index (χ1n) is 15.7. The van der Waals surface area contributed by atoms with Gasteiger partial charge in [0, 0.05) is 46.1 Å². The number of hydrogen-bond acceptors (Lipinski definition) is 6. The van der Waals surface area contributed by atoms with Crippen LogP contribution in [0.15, 0.2) is 136 Å². The van der Waals surface area contributed by atoms with Crippen molar-refractivity contribution in [1.29, 1.82) is 0 Å². The van der Waals surface area contributed by atoms with E-state index in [0.29, 0.717) is 52.1 Å². The zero-order valence-electron chi connectivity index (χ0n) is 25.9. The summed E-state index contributed by atoms with van der Waals surface area (Å²) in [6, 6.07) is 33.5. The Bertz CT molecular complexity index is 2090. The van der Waals surface area contributed by atoms with Crippen molar-refractivity contribution in [2.75, 3.05) is 23.9 Å². The predicted molar refractivity (Wildman–Crippen MR) is 193 cm³/mol. The molecule has 2 aliphatic rings. The van der Waals surface area contributed by atoms with Crippen LogP contribution in [0.3, 0.4) is 0 Å². The van der Waals surface area contributed by atoms with Gasteiger partial charge in [-0.25, -0.2) is 13.1 Å². The van der Waals surface area contributed by atoms with Gasteiger partial charge in [0.2, 0.25) is 10.0 Å². The lowest BCUT2D eigenvalue weighted by Crippen LogP contribution is -2.35. The third kappa shape index (κ3) is 6.75. The summed E-state index contributed by atoms with van der Waals surface area (Å²) in [6.45, 7) is 1.08. The number of hydrazone groups is 1. The van der Waals surface area contributed by atoms with Gasteiger partial charge in [-0.3, -0.25) is 4.79 Å². The summed E-state index contributed by atoms with van der Waals surface area (Å²) in [5, 5.41) is 11.8. The number of piperidine rings is 1. The highest BCUT2D eigenvalue weighted by atomic mass is 35.5. The Hall–Kier alpha value is -4.48. The average Bonchev–Trinajstić information content (AvgIpc) is 3.70. The zero-order valence-corrected chi connectivity index (χ0v) is 28.3. The maximum Gasteiger partial charge on any atom is 0.280 e. The quantitative estimate of drug-likeness (QED) is 0.116. The third-order valence-electron chi connectivity index (χ3n) is 8.29. The number of rotatable bonds is 9. The maximum absolute atomic E-state index is 14.0. The summed E-state index contributed by atoms with van der Waals surface area (Å²) in [5.74, 6) is 0.211. The molecule has 7 rings (SSSR count). The van der Waals surface area contributed by atoms with Gasteiger partial charge >= 0.3 is 0 Å². The highest BCUT2D eigenvalue weighted by Gasteiger charge is 2.32. The molecule has 0 atom stereocenters. The monoisotopic (exact) mass is 693 g/mol. The van der Waals surface area contributed by atoms with E-state index < -0.39 is 10.0 Å². The second kappa shape index (κ2) is 13.9. The fourth-order valence-corrected chi connectivity index (χ4v) is 8.25. The summed E-state index contributed by atoms with van der Waals surface area (Å²) < 4.78 is 30.0. The van der Waals surface area contributed by atoms with Crippen molar-refractivity contribution in [1.82, 2.24) is 14.1 Å². The van der Waals surface area contributed by atoms with Gasteiger partial charge in [-0.1, -0.05) is 66.6 Å². The molecule has 0 unspecified atom stereocenters. The molecule has 0 N–H and O–H groups in total. The molecule has 1 aromatic heterocycles. The van der Waals surface area contributed by atoms with Crippen LogP contribution in [0.5, 0.6) is 0 Å². The number of nitrogens with zero attached hydrogens (tertiary/aromatic N) is 5. The van der Waals surface area contributed by atoms with E-state index in [1.807, 2.05) is 97.2 Å². The summed E-state index contributed by atoms with van der Waals surface area (Å²) >= 11 is 7.67. The Balaban J connectivity index is 1.28. The predicted octanol–water partition coefficient (Wildman–Crippen LogP) is 7.95. The number of sulfonamides is 1. The van der Waals surface area contributed by atoms with E-state index >= 15 is 0 Å². The third-order valence-corrected chi connectivity index (χ3v) is 11.5. The number of hydrogen-bond donors (Lipinski definition) is 0. The topological polar surface area (TPSA) is 87.9 Å². The Labute approximate surface area is 289 Å². The molecule has 48 heavy (non-hydrogen) atoms. The van der Waals surface area contributed by atoms with Crippen LogP contribution in [0, 0.1) is 0 Å². The molecule has 1 amide bonds. The molecule has 0 saturated carbocycles. The van der Waals surface area contributed by atoms with Crippen molar-refractivity contribution in [2.45, 2.75) is 29.1 Å². The van der Waals surface area contributed by atoms with Crippen molar-refractivity contribution in [3.63, 3.8) is 0 Å². The van der Waals surface area contributed by atoms with Crippen LogP contribution in [-0.4, -0.2) is 53.0 Å². The highest BCUT2D eigenvalue weighted by molar-refractivity contribution is 8.00. The Morgan fingerprint density at radius 1 is 0.792 bits per heavy atom. The van der Waals surface area contributed by atoms with Gasteiger partial charge in [0.25, 0.3) is 5.91 Å². The lowest BCUT2D eigenvalue weighted by atomic mass is 10.0. The van der Waals surface area contributed by atoms with E-state index in [1.165, 1.54) is 5.01 Å². The van der Waals surface area contributed by atoms with Gasteiger partial charge in [-0.15, -0.1) is 11.8 Å². The van der Waals surface area contributed by atoms with Crippen LogP contribution < -0.4 is 5.01 Å². The molecule has 242 valence electrons. The van der Waals surface area contributed by atoms with Gasteiger partial charge in [0.15, 0.2) is 0 Å².